The standard InChI is InChI=1S/C28H27N5O10/c1-4-41-27(36)25-15(2)30-28(37)31-26(25)16-5-9-22(23(11-16)40-3)42-14-24(35)32-29-13-18-7-10-21(43-18)19-12-17(33(38)39)6-8-20(19)34/h5-13,26,34H,4,14H2,1-3H3,(H,32,35)(H2,30,31,37)/b29-13-/t26-/m1/s1. The number of hydrogen-bond donors (Lipinski definition) is 4. The highest BCUT2D eigenvalue weighted by Crippen LogP contribution is 2.35. The number of carbonyl (C=O) groups is 3. The van der Waals surface area contributed by atoms with E-state index < -0.39 is 35.5 Å². The summed E-state index contributed by atoms with van der Waals surface area (Å²) in [6.45, 7) is 3.00. The van der Waals surface area contributed by atoms with Crippen molar-refractivity contribution in [1.82, 2.24) is 16.1 Å². The summed E-state index contributed by atoms with van der Waals surface area (Å²) in [6, 6.07) is 9.95. The highest BCUT2D eigenvalue weighted by molar-refractivity contribution is 5.95. The van der Waals surface area contributed by atoms with Gasteiger partial charge in [-0.3, -0.25) is 14.9 Å². The Balaban J connectivity index is 1.39. The minimum absolute atomic E-state index is 0.122. The summed E-state index contributed by atoms with van der Waals surface area (Å²) in [5.74, 6) is -0.565. The quantitative estimate of drug-likeness (QED) is 0.110. The molecule has 0 spiro atoms. The molecule has 1 aliphatic heterocycles. The van der Waals surface area contributed by atoms with Gasteiger partial charge in [0.25, 0.3) is 11.6 Å². The summed E-state index contributed by atoms with van der Waals surface area (Å²) >= 11 is 0. The van der Waals surface area contributed by atoms with Crippen molar-refractivity contribution >= 4 is 29.8 Å². The fraction of sp³-hybridized carbons (Fsp3) is 0.214. The second kappa shape index (κ2) is 13.2. The number of esters is 1. The van der Waals surface area contributed by atoms with Gasteiger partial charge in [-0.15, -0.1) is 0 Å². The first-order valence-corrected chi connectivity index (χ1v) is 12.8. The fourth-order valence-corrected chi connectivity index (χ4v) is 4.15. The van der Waals surface area contributed by atoms with Gasteiger partial charge in [-0.25, -0.2) is 15.0 Å². The van der Waals surface area contributed by atoms with Crippen LogP contribution in [0.4, 0.5) is 10.5 Å². The summed E-state index contributed by atoms with van der Waals surface area (Å²) in [5.41, 5.74) is 3.30. The first-order valence-electron chi connectivity index (χ1n) is 12.8. The number of nitro benzene ring substituents is 1. The molecule has 2 aromatic carbocycles. The van der Waals surface area contributed by atoms with E-state index in [4.69, 9.17) is 18.6 Å². The average molecular weight is 594 g/mol. The van der Waals surface area contributed by atoms with Crippen LogP contribution < -0.4 is 25.5 Å². The number of methoxy groups -OCH3 is 1. The molecule has 0 fully saturated rings. The molecule has 4 N–H and O–H groups in total. The van der Waals surface area contributed by atoms with Crippen LogP contribution in [-0.4, -0.2) is 54.5 Å². The van der Waals surface area contributed by atoms with Crippen molar-refractivity contribution in [3.8, 4) is 28.6 Å². The zero-order valence-corrected chi connectivity index (χ0v) is 23.2. The molecule has 1 aliphatic rings. The summed E-state index contributed by atoms with van der Waals surface area (Å²) in [5, 5.41) is 30.1. The fourth-order valence-electron chi connectivity index (χ4n) is 4.15. The van der Waals surface area contributed by atoms with Crippen molar-refractivity contribution in [2.24, 2.45) is 5.10 Å². The predicted molar refractivity (Wildman–Crippen MR) is 150 cm³/mol. The van der Waals surface area contributed by atoms with Gasteiger partial charge < -0.3 is 34.4 Å². The number of phenols is 1. The number of hydrazone groups is 1. The minimum Gasteiger partial charge on any atom is -0.507 e. The molecule has 3 aromatic rings. The van der Waals surface area contributed by atoms with E-state index in [1.807, 2.05) is 0 Å². The Labute approximate surface area is 244 Å². The third-order valence-electron chi connectivity index (χ3n) is 6.11. The second-order valence-corrected chi connectivity index (χ2v) is 8.94. The van der Waals surface area contributed by atoms with Crippen molar-refractivity contribution in [3.05, 3.63) is 81.2 Å². The third-order valence-corrected chi connectivity index (χ3v) is 6.11. The van der Waals surface area contributed by atoms with Gasteiger partial charge in [0.2, 0.25) is 0 Å². The van der Waals surface area contributed by atoms with Crippen LogP contribution in [0.2, 0.25) is 0 Å². The highest BCUT2D eigenvalue weighted by Gasteiger charge is 2.32. The topological polar surface area (TPSA) is 204 Å². The van der Waals surface area contributed by atoms with E-state index >= 15 is 0 Å². The Morgan fingerprint density at radius 2 is 1.98 bits per heavy atom. The second-order valence-electron chi connectivity index (χ2n) is 8.94. The summed E-state index contributed by atoms with van der Waals surface area (Å²) < 4.78 is 21.7. The molecule has 0 radical (unpaired) electrons. The number of amides is 3. The maximum atomic E-state index is 12.6. The number of phenolic OH excluding ortho intramolecular Hbond substituents is 1. The monoisotopic (exact) mass is 593 g/mol. The van der Waals surface area contributed by atoms with E-state index in [0.29, 0.717) is 11.3 Å². The number of nitrogens with one attached hydrogen (secondary N) is 3. The molecular formula is C28H27N5O10. The number of benzene rings is 2. The van der Waals surface area contributed by atoms with Gasteiger partial charge in [0, 0.05) is 17.8 Å². The van der Waals surface area contributed by atoms with E-state index in [-0.39, 0.29) is 52.2 Å². The lowest BCUT2D eigenvalue weighted by molar-refractivity contribution is -0.384. The smallest absolute Gasteiger partial charge is 0.338 e. The maximum absolute atomic E-state index is 12.6. The number of nitrogens with zero attached hydrogens (tertiary/aromatic N) is 2. The number of non-ortho nitro benzene ring substituents is 1. The van der Waals surface area contributed by atoms with Crippen molar-refractivity contribution < 1.29 is 43.0 Å². The van der Waals surface area contributed by atoms with Gasteiger partial charge in [0.1, 0.15) is 17.3 Å². The number of ether oxygens (including phenoxy) is 3. The summed E-state index contributed by atoms with van der Waals surface area (Å²) in [4.78, 5) is 47.4. The van der Waals surface area contributed by atoms with Crippen LogP contribution in [0.3, 0.4) is 0 Å². The largest absolute Gasteiger partial charge is 0.507 e. The normalized spacial score (nSPS) is 14.6. The third kappa shape index (κ3) is 7.08. The van der Waals surface area contributed by atoms with Gasteiger partial charge >= 0.3 is 12.0 Å². The molecule has 0 unspecified atom stereocenters. The molecule has 1 aromatic heterocycles. The average Bonchev–Trinajstić information content (AvgIpc) is 3.44. The van der Waals surface area contributed by atoms with E-state index in [2.05, 4.69) is 21.2 Å². The molecule has 0 saturated carbocycles. The van der Waals surface area contributed by atoms with Gasteiger partial charge in [0.05, 0.1) is 42.0 Å². The van der Waals surface area contributed by atoms with Crippen molar-refractivity contribution in [2.45, 2.75) is 19.9 Å². The minimum atomic E-state index is -0.809. The van der Waals surface area contributed by atoms with Crippen LogP contribution in [0.15, 0.2) is 69.3 Å². The number of urea groups is 1. The Morgan fingerprint density at radius 3 is 2.70 bits per heavy atom. The van der Waals surface area contributed by atoms with Crippen LogP contribution in [0, 0.1) is 10.1 Å². The van der Waals surface area contributed by atoms with Gasteiger partial charge in [0.15, 0.2) is 18.1 Å². The molecule has 15 nitrogen and oxygen atoms in total. The molecule has 0 saturated heterocycles. The zero-order chi connectivity index (χ0) is 31.1. The predicted octanol–water partition coefficient (Wildman–Crippen LogP) is 3.29. The van der Waals surface area contributed by atoms with Gasteiger partial charge in [-0.1, -0.05) is 6.07 Å². The Bertz CT molecular complexity index is 1630. The molecule has 1 atom stereocenters. The molecule has 2 heterocycles. The Kier molecular flexibility index (Phi) is 9.24. The lowest BCUT2D eigenvalue weighted by Gasteiger charge is -2.28. The molecule has 4 rings (SSSR count). The lowest BCUT2D eigenvalue weighted by atomic mass is 9.95. The number of carbonyl (C=O) groups excluding carboxylic acids is 3. The Hall–Kier alpha value is -5.86. The SMILES string of the molecule is CCOC(=O)C1=C(C)NC(=O)N[C@@H]1c1ccc(OCC(=O)N/N=C\c2ccc(-c3cc([N+](=O)[O-])ccc3O)o2)c(OC)c1. The molecule has 43 heavy (non-hydrogen) atoms. The molecule has 224 valence electrons. The van der Waals surface area contributed by atoms with Crippen LogP contribution in [0.5, 0.6) is 17.2 Å². The van der Waals surface area contributed by atoms with Crippen molar-refractivity contribution in [2.75, 3.05) is 20.3 Å². The molecule has 0 bridgehead atoms. The molecule has 0 aliphatic carbocycles. The van der Waals surface area contributed by atoms with Crippen LogP contribution in [-0.2, 0) is 14.3 Å². The summed E-state index contributed by atoms with van der Waals surface area (Å²) in [6.07, 6.45) is 1.20. The lowest BCUT2D eigenvalue weighted by Crippen LogP contribution is -2.45. The number of hydrogen-bond acceptors (Lipinski definition) is 11. The van der Waals surface area contributed by atoms with Crippen LogP contribution in [0.25, 0.3) is 11.3 Å². The number of aromatic hydroxyl groups is 1. The van der Waals surface area contributed by atoms with E-state index in [9.17, 15) is 29.6 Å². The van der Waals surface area contributed by atoms with E-state index in [0.717, 1.165) is 0 Å². The molecular weight excluding hydrogens is 566 g/mol. The van der Waals surface area contributed by atoms with Gasteiger partial charge in [-0.2, -0.15) is 5.10 Å². The molecule has 15 heteroatoms. The summed E-state index contributed by atoms with van der Waals surface area (Å²) in [7, 11) is 1.40. The first-order chi connectivity index (χ1) is 20.6. The van der Waals surface area contributed by atoms with Crippen molar-refractivity contribution in [1.29, 1.82) is 0 Å². The van der Waals surface area contributed by atoms with Crippen molar-refractivity contribution in [3.63, 3.8) is 0 Å². The number of nitro groups is 1. The van der Waals surface area contributed by atoms with Crippen LogP contribution >= 0.6 is 0 Å². The van der Waals surface area contributed by atoms with E-state index in [1.54, 1.807) is 26.0 Å². The zero-order valence-electron chi connectivity index (χ0n) is 23.2. The van der Waals surface area contributed by atoms with E-state index in [1.165, 1.54) is 49.7 Å². The van der Waals surface area contributed by atoms with Crippen LogP contribution in [0.1, 0.15) is 31.2 Å². The Morgan fingerprint density at radius 1 is 1.19 bits per heavy atom. The number of furan rings is 1. The number of allylic oxidation sites excluding steroid dienone is 1. The highest BCUT2D eigenvalue weighted by atomic mass is 16.6. The van der Waals surface area contributed by atoms with Gasteiger partial charge in [-0.05, 0) is 49.7 Å². The number of rotatable bonds is 11. The first kappa shape index (κ1) is 30.1. The maximum Gasteiger partial charge on any atom is 0.338 e. The molecule has 3 amide bonds.